The van der Waals surface area contributed by atoms with Gasteiger partial charge in [-0.2, -0.15) is 0 Å². The molecule has 1 fully saturated rings. The summed E-state index contributed by atoms with van der Waals surface area (Å²) in [6, 6.07) is 0. The van der Waals surface area contributed by atoms with E-state index in [1.54, 1.807) is 6.20 Å². The highest BCUT2D eigenvalue weighted by molar-refractivity contribution is 5.38. The van der Waals surface area contributed by atoms with E-state index in [4.69, 9.17) is 4.74 Å². The SMILES string of the molecule is CCOCc1cncc(O)c1C1NCCCN1. The van der Waals surface area contributed by atoms with Crippen molar-refractivity contribution in [3.8, 4) is 5.75 Å². The largest absolute Gasteiger partial charge is 0.506 e. The Morgan fingerprint density at radius 2 is 2.18 bits per heavy atom. The molecule has 0 amide bonds. The number of hydrogen-bond donors (Lipinski definition) is 3. The van der Waals surface area contributed by atoms with Crippen molar-refractivity contribution in [1.29, 1.82) is 0 Å². The number of hydrogen-bond acceptors (Lipinski definition) is 5. The summed E-state index contributed by atoms with van der Waals surface area (Å²) in [7, 11) is 0. The number of ether oxygens (including phenoxy) is 1. The van der Waals surface area contributed by atoms with E-state index in [0.717, 1.165) is 30.6 Å². The molecule has 1 aromatic heterocycles. The van der Waals surface area contributed by atoms with Gasteiger partial charge in [0.05, 0.1) is 19.0 Å². The molecular formula is C12H19N3O2. The third-order valence-corrected chi connectivity index (χ3v) is 2.85. The lowest BCUT2D eigenvalue weighted by molar-refractivity contribution is 0.132. The number of nitrogens with one attached hydrogen (secondary N) is 2. The quantitative estimate of drug-likeness (QED) is 0.726. The summed E-state index contributed by atoms with van der Waals surface area (Å²) in [6.45, 7) is 4.99. The van der Waals surface area contributed by atoms with Gasteiger partial charge in [0.25, 0.3) is 0 Å². The summed E-state index contributed by atoms with van der Waals surface area (Å²) in [4.78, 5) is 4.01. The Hall–Kier alpha value is -1.17. The van der Waals surface area contributed by atoms with Gasteiger partial charge in [0.2, 0.25) is 0 Å². The van der Waals surface area contributed by atoms with E-state index in [2.05, 4.69) is 15.6 Å². The van der Waals surface area contributed by atoms with Gasteiger partial charge in [-0.3, -0.25) is 15.6 Å². The van der Waals surface area contributed by atoms with Crippen LogP contribution in [0.3, 0.4) is 0 Å². The lowest BCUT2D eigenvalue weighted by Crippen LogP contribution is -2.41. The van der Waals surface area contributed by atoms with E-state index in [9.17, 15) is 5.11 Å². The Bertz CT molecular complexity index is 365. The molecule has 1 aliphatic heterocycles. The van der Waals surface area contributed by atoms with E-state index in [1.165, 1.54) is 6.20 Å². The highest BCUT2D eigenvalue weighted by atomic mass is 16.5. The van der Waals surface area contributed by atoms with Gasteiger partial charge in [-0.25, -0.2) is 0 Å². The molecule has 5 heteroatoms. The molecule has 0 atom stereocenters. The smallest absolute Gasteiger partial charge is 0.140 e. The predicted molar refractivity (Wildman–Crippen MR) is 64.6 cm³/mol. The van der Waals surface area contributed by atoms with E-state index >= 15 is 0 Å². The van der Waals surface area contributed by atoms with Crippen molar-refractivity contribution in [1.82, 2.24) is 15.6 Å². The second kappa shape index (κ2) is 5.95. The maximum atomic E-state index is 9.94. The zero-order valence-corrected chi connectivity index (χ0v) is 10.1. The van der Waals surface area contributed by atoms with Crippen LogP contribution < -0.4 is 10.6 Å². The molecule has 94 valence electrons. The number of pyridine rings is 1. The molecule has 3 N–H and O–H groups in total. The molecule has 17 heavy (non-hydrogen) atoms. The predicted octanol–water partition coefficient (Wildman–Crippen LogP) is 0.905. The fraction of sp³-hybridized carbons (Fsp3) is 0.583. The van der Waals surface area contributed by atoms with Crippen molar-refractivity contribution in [2.45, 2.75) is 26.1 Å². The van der Waals surface area contributed by atoms with Crippen molar-refractivity contribution in [2.75, 3.05) is 19.7 Å². The maximum absolute atomic E-state index is 9.94. The Morgan fingerprint density at radius 1 is 1.41 bits per heavy atom. The fourth-order valence-electron chi connectivity index (χ4n) is 2.02. The van der Waals surface area contributed by atoms with E-state index in [-0.39, 0.29) is 11.9 Å². The summed E-state index contributed by atoms with van der Waals surface area (Å²) < 4.78 is 5.40. The average Bonchev–Trinajstić information content (AvgIpc) is 2.37. The number of aromatic nitrogens is 1. The molecule has 1 saturated heterocycles. The first-order valence-corrected chi connectivity index (χ1v) is 6.03. The van der Waals surface area contributed by atoms with Crippen molar-refractivity contribution in [3.05, 3.63) is 23.5 Å². The maximum Gasteiger partial charge on any atom is 0.140 e. The zero-order chi connectivity index (χ0) is 12.1. The van der Waals surface area contributed by atoms with Crippen LogP contribution in [0.1, 0.15) is 30.6 Å². The summed E-state index contributed by atoms with van der Waals surface area (Å²) in [5.41, 5.74) is 1.78. The minimum atomic E-state index is -0.0118. The molecular weight excluding hydrogens is 218 g/mol. The molecule has 0 aromatic carbocycles. The van der Waals surface area contributed by atoms with Crippen LogP contribution in [0, 0.1) is 0 Å². The lowest BCUT2D eigenvalue weighted by Gasteiger charge is -2.27. The van der Waals surface area contributed by atoms with E-state index < -0.39 is 0 Å². The first-order chi connectivity index (χ1) is 8.33. The second-order valence-electron chi connectivity index (χ2n) is 4.06. The topological polar surface area (TPSA) is 66.4 Å². The Balaban J connectivity index is 2.22. The van der Waals surface area contributed by atoms with Crippen LogP contribution in [-0.2, 0) is 11.3 Å². The molecule has 2 heterocycles. The van der Waals surface area contributed by atoms with Gasteiger partial charge in [0, 0.05) is 23.9 Å². The minimum Gasteiger partial charge on any atom is -0.506 e. The van der Waals surface area contributed by atoms with Crippen LogP contribution in [0.5, 0.6) is 5.75 Å². The normalized spacial score (nSPS) is 17.2. The van der Waals surface area contributed by atoms with Crippen LogP contribution >= 0.6 is 0 Å². The van der Waals surface area contributed by atoms with Crippen LogP contribution in [0.25, 0.3) is 0 Å². The van der Waals surface area contributed by atoms with Gasteiger partial charge >= 0.3 is 0 Å². The van der Waals surface area contributed by atoms with Crippen LogP contribution in [0.4, 0.5) is 0 Å². The standard InChI is InChI=1S/C12H19N3O2/c1-2-17-8-9-6-13-7-10(16)11(9)12-14-4-3-5-15-12/h6-7,12,14-16H,2-5,8H2,1H3. The van der Waals surface area contributed by atoms with Gasteiger partial charge in [-0.15, -0.1) is 0 Å². The number of aromatic hydroxyl groups is 1. The van der Waals surface area contributed by atoms with Crippen LogP contribution in [0.2, 0.25) is 0 Å². The third-order valence-electron chi connectivity index (χ3n) is 2.85. The highest BCUT2D eigenvalue weighted by Crippen LogP contribution is 2.26. The van der Waals surface area contributed by atoms with Crippen molar-refractivity contribution in [3.63, 3.8) is 0 Å². The highest BCUT2D eigenvalue weighted by Gasteiger charge is 2.20. The van der Waals surface area contributed by atoms with Crippen molar-refractivity contribution in [2.24, 2.45) is 0 Å². The van der Waals surface area contributed by atoms with Gasteiger partial charge in [-0.05, 0) is 26.4 Å². The minimum absolute atomic E-state index is 0.0118. The summed E-state index contributed by atoms with van der Waals surface area (Å²) >= 11 is 0. The third kappa shape index (κ3) is 2.94. The molecule has 0 saturated carbocycles. The Labute approximate surface area is 101 Å². The van der Waals surface area contributed by atoms with Gasteiger partial charge in [0.1, 0.15) is 5.75 Å². The van der Waals surface area contributed by atoms with Crippen LogP contribution in [0.15, 0.2) is 12.4 Å². The van der Waals surface area contributed by atoms with Crippen molar-refractivity contribution < 1.29 is 9.84 Å². The molecule has 1 aliphatic rings. The lowest BCUT2D eigenvalue weighted by atomic mass is 10.1. The molecule has 5 nitrogen and oxygen atoms in total. The molecule has 0 unspecified atom stereocenters. The van der Waals surface area contributed by atoms with Gasteiger partial charge < -0.3 is 9.84 Å². The Kier molecular flexibility index (Phi) is 4.30. The molecule has 0 aliphatic carbocycles. The first-order valence-electron chi connectivity index (χ1n) is 6.03. The number of nitrogens with zero attached hydrogens (tertiary/aromatic N) is 1. The van der Waals surface area contributed by atoms with Crippen molar-refractivity contribution >= 4 is 0 Å². The fourth-order valence-corrected chi connectivity index (χ4v) is 2.02. The van der Waals surface area contributed by atoms with Gasteiger partial charge in [0.15, 0.2) is 0 Å². The Morgan fingerprint density at radius 3 is 2.88 bits per heavy atom. The van der Waals surface area contributed by atoms with Crippen LogP contribution in [-0.4, -0.2) is 29.8 Å². The molecule has 0 radical (unpaired) electrons. The molecule has 0 bridgehead atoms. The molecule has 1 aromatic rings. The summed E-state index contributed by atoms with van der Waals surface area (Å²) in [5, 5.41) is 16.6. The van der Waals surface area contributed by atoms with E-state index in [0.29, 0.717) is 13.2 Å². The van der Waals surface area contributed by atoms with E-state index in [1.807, 2.05) is 6.92 Å². The number of rotatable bonds is 4. The average molecular weight is 237 g/mol. The zero-order valence-electron chi connectivity index (χ0n) is 10.1. The van der Waals surface area contributed by atoms with Gasteiger partial charge in [-0.1, -0.05) is 0 Å². The summed E-state index contributed by atoms with van der Waals surface area (Å²) in [6.07, 6.45) is 4.32. The first kappa shape index (κ1) is 12.3. The monoisotopic (exact) mass is 237 g/mol. The molecule has 0 spiro atoms. The molecule has 2 rings (SSSR count). The summed E-state index contributed by atoms with van der Waals surface area (Å²) in [5.74, 6) is 0.217. The second-order valence-corrected chi connectivity index (χ2v) is 4.06.